The molecule has 6 nitrogen and oxygen atoms in total. The summed E-state index contributed by atoms with van der Waals surface area (Å²) in [7, 11) is 0. The molecular formula is C11H16N2O4. The lowest BCUT2D eigenvalue weighted by Gasteiger charge is -2.19. The Balaban J connectivity index is 2.49. The lowest BCUT2D eigenvalue weighted by Crippen LogP contribution is -2.23. The number of carboxylic acids is 1. The third kappa shape index (κ3) is 4.78. The highest BCUT2D eigenvalue weighted by Gasteiger charge is 2.13. The number of hydrogen-bond acceptors (Lipinski definition) is 5. The van der Waals surface area contributed by atoms with Crippen molar-refractivity contribution in [1.29, 1.82) is 0 Å². The second-order valence-corrected chi connectivity index (χ2v) is 4.36. The third-order valence-electron chi connectivity index (χ3n) is 1.77. The zero-order valence-corrected chi connectivity index (χ0v) is 10.1. The average Bonchev–Trinajstić information content (AvgIpc) is 2.23. The molecule has 0 radical (unpaired) electrons. The van der Waals surface area contributed by atoms with E-state index in [1.165, 1.54) is 12.3 Å². The van der Waals surface area contributed by atoms with Crippen molar-refractivity contribution in [3.05, 3.63) is 17.8 Å². The quantitative estimate of drug-likeness (QED) is 0.783. The summed E-state index contributed by atoms with van der Waals surface area (Å²) in [6.45, 7) is 6.38. The maximum absolute atomic E-state index is 10.8. The molecule has 0 atom stereocenters. The van der Waals surface area contributed by atoms with E-state index in [1.807, 2.05) is 20.8 Å². The molecule has 0 aliphatic rings. The number of ether oxygens (including phenoxy) is 2. The van der Waals surface area contributed by atoms with Crippen molar-refractivity contribution < 1.29 is 19.4 Å². The smallest absolute Gasteiger partial charge is 0.341 e. The van der Waals surface area contributed by atoms with Crippen LogP contribution in [-0.2, 0) is 4.74 Å². The molecule has 94 valence electrons. The highest BCUT2D eigenvalue weighted by Crippen LogP contribution is 2.13. The Hall–Kier alpha value is -1.69. The number of rotatable bonds is 5. The molecule has 1 aromatic rings. The van der Waals surface area contributed by atoms with Gasteiger partial charge >= 0.3 is 5.97 Å². The summed E-state index contributed by atoms with van der Waals surface area (Å²) >= 11 is 0. The Labute approximate surface area is 99.6 Å². The van der Waals surface area contributed by atoms with Crippen LogP contribution in [0, 0.1) is 0 Å². The number of carbonyl (C=O) groups is 1. The third-order valence-corrected chi connectivity index (χ3v) is 1.77. The molecule has 0 aromatic carbocycles. The van der Waals surface area contributed by atoms with E-state index in [1.54, 1.807) is 0 Å². The molecule has 0 bridgehead atoms. The van der Waals surface area contributed by atoms with Gasteiger partial charge in [0.1, 0.15) is 12.2 Å². The van der Waals surface area contributed by atoms with Crippen LogP contribution in [0.15, 0.2) is 12.3 Å². The zero-order chi connectivity index (χ0) is 12.9. The molecule has 0 aliphatic carbocycles. The van der Waals surface area contributed by atoms with Crippen molar-refractivity contribution in [2.45, 2.75) is 26.4 Å². The highest BCUT2D eigenvalue weighted by molar-refractivity contribution is 5.89. The first-order chi connectivity index (χ1) is 7.90. The number of carboxylic acid groups (broad SMARTS) is 1. The van der Waals surface area contributed by atoms with Gasteiger partial charge in [0.05, 0.1) is 18.4 Å². The fraction of sp³-hybridized carbons (Fsp3) is 0.545. The number of aromatic nitrogens is 2. The molecule has 17 heavy (non-hydrogen) atoms. The van der Waals surface area contributed by atoms with Crippen molar-refractivity contribution in [3.8, 4) is 5.88 Å². The predicted octanol–water partition coefficient (Wildman–Crippen LogP) is 1.37. The average molecular weight is 240 g/mol. The Morgan fingerprint density at radius 1 is 1.41 bits per heavy atom. The van der Waals surface area contributed by atoms with Crippen LogP contribution in [0.4, 0.5) is 0 Å². The summed E-state index contributed by atoms with van der Waals surface area (Å²) in [5.74, 6) is -1.08. The van der Waals surface area contributed by atoms with Gasteiger partial charge in [-0.1, -0.05) is 0 Å². The van der Waals surface area contributed by atoms with Gasteiger partial charge in [0.2, 0.25) is 5.88 Å². The van der Waals surface area contributed by atoms with Crippen LogP contribution in [0.3, 0.4) is 0 Å². The molecule has 0 amide bonds. The second-order valence-electron chi connectivity index (χ2n) is 4.36. The second kappa shape index (κ2) is 5.58. The molecule has 1 aromatic heterocycles. The summed E-state index contributed by atoms with van der Waals surface area (Å²) in [5.41, 5.74) is -0.253. The van der Waals surface area contributed by atoms with E-state index in [4.69, 9.17) is 14.6 Å². The van der Waals surface area contributed by atoms with Gasteiger partial charge in [0, 0.05) is 0 Å². The summed E-state index contributed by atoms with van der Waals surface area (Å²) in [5, 5.41) is 16.1. The fourth-order valence-electron chi connectivity index (χ4n) is 1.07. The van der Waals surface area contributed by atoms with E-state index in [2.05, 4.69) is 10.2 Å². The SMILES string of the molecule is CC(C)(C)OCCOc1nnccc1C(=O)O. The molecule has 0 saturated heterocycles. The van der Waals surface area contributed by atoms with E-state index in [0.29, 0.717) is 6.61 Å². The minimum atomic E-state index is -1.09. The molecule has 1 heterocycles. The zero-order valence-electron chi connectivity index (χ0n) is 10.1. The Morgan fingerprint density at radius 2 is 2.12 bits per heavy atom. The topological polar surface area (TPSA) is 81.5 Å². The standard InChI is InChI=1S/C11H16N2O4/c1-11(2,3)17-7-6-16-9-8(10(14)15)4-5-12-13-9/h4-5H,6-7H2,1-3H3,(H,14,15). The Morgan fingerprint density at radius 3 is 2.71 bits per heavy atom. The van der Waals surface area contributed by atoms with Crippen LogP contribution in [0.1, 0.15) is 31.1 Å². The summed E-state index contributed by atoms with van der Waals surface area (Å²) in [6, 6.07) is 1.34. The van der Waals surface area contributed by atoms with E-state index < -0.39 is 5.97 Å². The molecule has 1 N–H and O–H groups in total. The van der Waals surface area contributed by atoms with Crippen LogP contribution >= 0.6 is 0 Å². The fourth-order valence-corrected chi connectivity index (χ4v) is 1.07. The van der Waals surface area contributed by atoms with Crippen molar-refractivity contribution in [3.63, 3.8) is 0 Å². The lowest BCUT2D eigenvalue weighted by molar-refractivity contribution is -0.0170. The summed E-state index contributed by atoms with van der Waals surface area (Å²) < 4.78 is 10.6. The number of aromatic carboxylic acids is 1. The van der Waals surface area contributed by atoms with E-state index >= 15 is 0 Å². The lowest BCUT2D eigenvalue weighted by atomic mass is 10.2. The van der Waals surface area contributed by atoms with E-state index in [0.717, 1.165) is 0 Å². The number of hydrogen-bond donors (Lipinski definition) is 1. The first kappa shape index (κ1) is 13.4. The van der Waals surface area contributed by atoms with Crippen molar-refractivity contribution in [2.24, 2.45) is 0 Å². The van der Waals surface area contributed by atoms with Crippen LogP contribution in [0.25, 0.3) is 0 Å². The summed E-state index contributed by atoms with van der Waals surface area (Å²) in [4.78, 5) is 10.8. The molecule has 0 unspecified atom stereocenters. The molecule has 0 spiro atoms. The molecule has 0 saturated carbocycles. The molecule has 0 fully saturated rings. The number of nitrogens with zero attached hydrogens (tertiary/aromatic N) is 2. The van der Waals surface area contributed by atoms with Gasteiger partial charge in [-0.2, -0.15) is 5.10 Å². The molecular weight excluding hydrogens is 224 g/mol. The van der Waals surface area contributed by atoms with E-state index in [9.17, 15) is 4.79 Å². The van der Waals surface area contributed by atoms with Gasteiger partial charge in [-0.05, 0) is 26.8 Å². The van der Waals surface area contributed by atoms with Gasteiger partial charge in [0.25, 0.3) is 0 Å². The maximum atomic E-state index is 10.8. The van der Waals surface area contributed by atoms with Crippen LogP contribution in [0.2, 0.25) is 0 Å². The van der Waals surface area contributed by atoms with Gasteiger partial charge in [-0.3, -0.25) is 0 Å². The summed E-state index contributed by atoms with van der Waals surface area (Å²) in [6.07, 6.45) is 1.31. The van der Waals surface area contributed by atoms with Gasteiger partial charge in [-0.15, -0.1) is 5.10 Å². The maximum Gasteiger partial charge on any atom is 0.341 e. The highest BCUT2D eigenvalue weighted by atomic mass is 16.5. The van der Waals surface area contributed by atoms with Crippen LogP contribution in [0.5, 0.6) is 5.88 Å². The minimum absolute atomic E-state index is 0.00393. The van der Waals surface area contributed by atoms with Crippen molar-refractivity contribution in [2.75, 3.05) is 13.2 Å². The van der Waals surface area contributed by atoms with Crippen molar-refractivity contribution in [1.82, 2.24) is 10.2 Å². The first-order valence-electron chi connectivity index (χ1n) is 5.22. The minimum Gasteiger partial charge on any atom is -0.477 e. The van der Waals surface area contributed by atoms with Gasteiger partial charge < -0.3 is 14.6 Å². The molecule has 6 heteroatoms. The molecule has 0 aliphatic heterocycles. The Kier molecular flexibility index (Phi) is 4.39. The molecule has 1 rings (SSSR count). The van der Waals surface area contributed by atoms with Crippen LogP contribution < -0.4 is 4.74 Å². The first-order valence-corrected chi connectivity index (χ1v) is 5.22. The van der Waals surface area contributed by atoms with Crippen LogP contribution in [-0.4, -0.2) is 40.1 Å². The largest absolute Gasteiger partial charge is 0.477 e. The predicted molar refractivity (Wildman–Crippen MR) is 60.2 cm³/mol. The monoisotopic (exact) mass is 240 g/mol. The van der Waals surface area contributed by atoms with E-state index in [-0.39, 0.29) is 23.7 Å². The normalized spacial score (nSPS) is 11.2. The Bertz CT molecular complexity index is 387. The van der Waals surface area contributed by atoms with Gasteiger partial charge in [-0.25, -0.2) is 4.79 Å². The van der Waals surface area contributed by atoms with Gasteiger partial charge in [0.15, 0.2) is 0 Å². The van der Waals surface area contributed by atoms with Crippen molar-refractivity contribution >= 4 is 5.97 Å².